The van der Waals surface area contributed by atoms with Crippen LogP contribution in [0.3, 0.4) is 0 Å². The van der Waals surface area contributed by atoms with Crippen LogP contribution in [0.25, 0.3) is 0 Å². The Bertz CT molecular complexity index is 278. The molecule has 0 spiro atoms. The molecule has 0 aromatic carbocycles. The van der Waals surface area contributed by atoms with Crippen LogP contribution in [-0.2, 0) is 17.7 Å². The Morgan fingerprint density at radius 2 is 0.692 bits per heavy atom. The number of unbranched alkanes of at least 4 members (excludes halogenated alkanes) is 7. The van der Waals surface area contributed by atoms with Crippen LogP contribution < -0.4 is 0 Å². The summed E-state index contributed by atoms with van der Waals surface area (Å²) in [6, 6.07) is 4.55. The first-order chi connectivity index (χ1) is 12.6. The Balaban J connectivity index is 3.92. The summed E-state index contributed by atoms with van der Waals surface area (Å²) in [5.74, 6) is 0. The van der Waals surface area contributed by atoms with E-state index < -0.39 is 17.1 Å². The van der Waals surface area contributed by atoms with E-state index >= 15 is 0 Å². The number of hydrogen-bond acceptors (Lipinski definition) is 4. The van der Waals surface area contributed by atoms with Gasteiger partial charge in [-0.1, -0.05) is 78.1 Å². The van der Waals surface area contributed by atoms with Crippen LogP contribution in [-0.4, -0.2) is 45.6 Å². The minimum absolute atomic E-state index is 1.13. The van der Waals surface area contributed by atoms with Crippen LogP contribution in [0.1, 0.15) is 78.1 Å². The van der Waals surface area contributed by atoms with Gasteiger partial charge < -0.3 is 17.7 Å². The predicted octanol–water partition coefficient (Wildman–Crippen LogP) is 6.40. The molecule has 0 fully saturated rings. The minimum atomic E-state index is -1.91. The SMILES string of the molecule is CCCC[Si](CCCCCCCC[Si](CCCC)(OC)OC)(OC)OC. The molecule has 0 aliphatic carbocycles. The van der Waals surface area contributed by atoms with Crippen LogP contribution in [0.4, 0.5) is 0 Å². The van der Waals surface area contributed by atoms with Gasteiger partial charge in [0.2, 0.25) is 0 Å². The number of hydrogen-bond donors (Lipinski definition) is 0. The molecule has 0 amide bonds. The Morgan fingerprint density at radius 1 is 0.423 bits per heavy atom. The lowest BCUT2D eigenvalue weighted by Gasteiger charge is -2.27. The maximum Gasteiger partial charge on any atom is 0.337 e. The summed E-state index contributed by atoms with van der Waals surface area (Å²) in [7, 11) is 3.53. The maximum atomic E-state index is 5.82. The molecular weight excluding hydrogens is 360 g/mol. The van der Waals surface area contributed by atoms with E-state index in [1.54, 1.807) is 0 Å². The molecule has 0 atom stereocenters. The van der Waals surface area contributed by atoms with Gasteiger partial charge in [0.25, 0.3) is 0 Å². The monoisotopic (exact) mass is 406 g/mol. The van der Waals surface area contributed by atoms with Crippen molar-refractivity contribution in [1.29, 1.82) is 0 Å². The van der Waals surface area contributed by atoms with E-state index in [9.17, 15) is 0 Å². The summed E-state index contributed by atoms with van der Waals surface area (Å²) in [5.41, 5.74) is 0. The third-order valence-electron chi connectivity index (χ3n) is 5.68. The van der Waals surface area contributed by atoms with E-state index in [1.807, 2.05) is 28.4 Å². The maximum absolute atomic E-state index is 5.82. The Hall–Kier alpha value is 0.274. The van der Waals surface area contributed by atoms with Crippen LogP contribution in [0.5, 0.6) is 0 Å². The topological polar surface area (TPSA) is 36.9 Å². The molecule has 0 rings (SSSR count). The second-order valence-corrected chi connectivity index (χ2v) is 14.7. The highest BCUT2D eigenvalue weighted by molar-refractivity contribution is 6.67. The van der Waals surface area contributed by atoms with E-state index in [2.05, 4.69) is 13.8 Å². The van der Waals surface area contributed by atoms with Crippen molar-refractivity contribution in [1.82, 2.24) is 0 Å². The van der Waals surface area contributed by atoms with Crippen molar-refractivity contribution in [2.45, 2.75) is 102 Å². The summed E-state index contributed by atoms with van der Waals surface area (Å²) in [5, 5.41) is 0. The molecule has 0 saturated carbocycles. The van der Waals surface area contributed by atoms with E-state index in [-0.39, 0.29) is 0 Å². The normalized spacial score (nSPS) is 12.7. The number of rotatable bonds is 19. The smallest absolute Gasteiger partial charge is 0.337 e. The average molecular weight is 407 g/mol. The lowest BCUT2D eigenvalue weighted by Crippen LogP contribution is -2.39. The molecule has 158 valence electrons. The van der Waals surface area contributed by atoms with Gasteiger partial charge in [-0.3, -0.25) is 0 Å². The van der Waals surface area contributed by atoms with E-state index in [4.69, 9.17) is 17.7 Å². The molecule has 0 aromatic heterocycles. The fourth-order valence-corrected chi connectivity index (χ4v) is 9.45. The first-order valence-corrected chi connectivity index (χ1v) is 15.2. The second-order valence-electron chi connectivity index (χ2n) is 7.47. The van der Waals surface area contributed by atoms with Crippen molar-refractivity contribution in [2.75, 3.05) is 28.4 Å². The van der Waals surface area contributed by atoms with Gasteiger partial charge >= 0.3 is 17.1 Å². The molecule has 0 unspecified atom stereocenters. The third-order valence-corrected chi connectivity index (χ3v) is 13.1. The van der Waals surface area contributed by atoms with Crippen LogP contribution in [0, 0.1) is 0 Å². The van der Waals surface area contributed by atoms with Gasteiger partial charge in [0.1, 0.15) is 0 Å². The highest BCUT2D eigenvalue weighted by atomic mass is 28.4. The van der Waals surface area contributed by atoms with Gasteiger partial charge in [0, 0.05) is 28.4 Å². The van der Waals surface area contributed by atoms with Crippen molar-refractivity contribution < 1.29 is 17.7 Å². The second kappa shape index (κ2) is 16.2. The molecule has 0 aliphatic heterocycles. The van der Waals surface area contributed by atoms with Gasteiger partial charge in [0.15, 0.2) is 0 Å². The quantitative estimate of drug-likeness (QED) is 0.184. The Kier molecular flexibility index (Phi) is 16.4. The highest BCUT2D eigenvalue weighted by Gasteiger charge is 2.34. The molecule has 26 heavy (non-hydrogen) atoms. The van der Waals surface area contributed by atoms with Gasteiger partial charge in [-0.15, -0.1) is 0 Å². The molecule has 0 aromatic rings. The predicted molar refractivity (Wildman–Crippen MR) is 116 cm³/mol. The zero-order valence-corrected chi connectivity index (χ0v) is 20.5. The molecule has 0 aliphatic rings. The van der Waals surface area contributed by atoms with Crippen molar-refractivity contribution in [3.8, 4) is 0 Å². The fraction of sp³-hybridized carbons (Fsp3) is 1.00. The zero-order valence-electron chi connectivity index (χ0n) is 18.5. The van der Waals surface area contributed by atoms with Gasteiger partial charge in [-0.05, 0) is 24.2 Å². The molecule has 0 saturated heterocycles. The molecule has 6 heteroatoms. The first-order valence-electron chi connectivity index (χ1n) is 10.8. The molecule has 4 nitrogen and oxygen atoms in total. The third kappa shape index (κ3) is 10.6. The summed E-state index contributed by atoms with van der Waals surface area (Å²) >= 11 is 0. The fourth-order valence-electron chi connectivity index (χ4n) is 3.62. The molecule has 0 N–H and O–H groups in total. The molecule has 0 bridgehead atoms. The summed E-state index contributed by atoms with van der Waals surface area (Å²) < 4.78 is 23.3. The lowest BCUT2D eigenvalue weighted by molar-refractivity contribution is 0.237. The zero-order chi connectivity index (χ0) is 19.7. The summed E-state index contributed by atoms with van der Waals surface area (Å²) in [6.07, 6.45) is 12.6. The van der Waals surface area contributed by atoms with Crippen LogP contribution in [0.2, 0.25) is 24.2 Å². The Morgan fingerprint density at radius 3 is 0.962 bits per heavy atom. The average Bonchev–Trinajstić information content (AvgIpc) is 2.69. The summed E-state index contributed by atoms with van der Waals surface area (Å²) in [6.45, 7) is 4.47. The van der Waals surface area contributed by atoms with E-state index in [1.165, 1.54) is 64.2 Å². The van der Waals surface area contributed by atoms with Crippen molar-refractivity contribution in [3.63, 3.8) is 0 Å². The van der Waals surface area contributed by atoms with Crippen molar-refractivity contribution in [2.24, 2.45) is 0 Å². The van der Waals surface area contributed by atoms with Crippen molar-refractivity contribution >= 4 is 17.1 Å². The molecule has 0 radical (unpaired) electrons. The first kappa shape index (κ1) is 26.3. The standard InChI is InChI=1S/C20H46O4Si2/c1-7-9-17-25(21-3,22-4)19-15-13-11-12-14-16-20-26(23-5,24-6)18-10-8-2/h7-20H2,1-6H3. The molecule has 0 heterocycles. The highest BCUT2D eigenvalue weighted by Crippen LogP contribution is 2.26. The van der Waals surface area contributed by atoms with Gasteiger partial charge in [-0.2, -0.15) is 0 Å². The van der Waals surface area contributed by atoms with E-state index in [0.29, 0.717) is 0 Å². The summed E-state index contributed by atoms with van der Waals surface area (Å²) in [4.78, 5) is 0. The van der Waals surface area contributed by atoms with Gasteiger partial charge in [-0.25, -0.2) is 0 Å². The molecular formula is C20H46O4Si2. The van der Waals surface area contributed by atoms with Gasteiger partial charge in [0.05, 0.1) is 0 Å². The van der Waals surface area contributed by atoms with Crippen LogP contribution in [0.15, 0.2) is 0 Å². The largest absolute Gasteiger partial charge is 0.398 e. The van der Waals surface area contributed by atoms with Crippen LogP contribution >= 0.6 is 0 Å². The van der Waals surface area contributed by atoms with E-state index in [0.717, 1.165) is 24.2 Å². The van der Waals surface area contributed by atoms with Crippen molar-refractivity contribution in [3.05, 3.63) is 0 Å². The minimum Gasteiger partial charge on any atom is -0.398 e. The Labute approximate surface area is 165 Å². The lowest BCUT2D eigenvalue weighted by atomic mass is 10.1.